The van der Waals surface area contributed by atoms with Gasteiger partial charge in [0.1, 0.15) is 6.04 Å². The SMILES string of the molecule is CC1CN(c2ccc3c(c2)OCO3)C(CO)C(=O)N1. The van der Waals surface area contributed by atoms with Gasteiger partial charge in [0.15, 0.2) is 11.5 Å². The number of carbonyl (C=O) groups is 1. The van der Waals surface area contributed by atoms with E-state index in [1.54, 1.807) is 0 Å². The van der Waals surface area contributed by atoms with Crippen molar-refractivity contribution >= 4 is 11.6 Å². The highest BCUT2D eigenvalue weighted by atomic mass is 16.7. The van der Waals surface area contributed by atoms with Gasteiger partial charge in [0.2, 0.25) is 12.7 Å². The Kier molecular flexibility index (Phi) is 2.94. The number of piperazine rings is 1. The molecule has 2 aliphatic rings. The van der Waals surface area contributed by atoms with Crippen molar-refractivity contribution < 1.29 is 19.4 Å². The van der Waals surface area contributed by atoms with E-state index < -0.39 is 6.04 Å². The molecule has 6 heteroatoms. The number of aliphatic hydroxyl groups excluding tert-OH is 1. The summed E-state index contributed by atoms with van der Waals surface area (Å²) >= 11 is 0. The summed E-state index contributed by atoms with van der Waals surface area (Å²) in [7, 11) is 0. The summed E-state index contributed by atoms with van der Waals surface area (Å²) in [6.07, 6.45) is 0. The van der Waals surface area contributed by atoms with E-state index in [1.165, 1.54) is 0 Å². The van der Waals surface area contributed by atoms with Gasteiger partial charge in [0.25, 0.3) is 0 Å². The number of hydrogen-bond acceptors (Lipinski definition) is 5. The highest BCUT2D eigenvalue weighted by Crippen LogP contribution is 2.36. The molecule has 0 spiro atoms. The molecule has 1 fully saturated rings. The molecule has 2 unspecified atom stereocenters. The van der Waals surface area contributed by atoms with Crippen LogP contribution in [0.25, 0.3) is 0 Å². The van der Waals surface area contributed by atoms with Crippen LogP contribution in [0, 0.1) is 0 Å². The lowest BCUT2D eigenvalue weighted by Gasteiger charge is -2.39. The van der Waals surface area contributed by atoms with Gasteiger partial charge in [-0.15, -0.1) is 0 Å². The standard InChI is InChI=1S/C13H16N2O4/c1-8-5-15(10(6-16)13(17)14-8)9-2-3-11-12(4-9)19-7-18-11/h2-4,8,10,16H,5-7H2,1H3,(H,14,17). The molecular weight excluding hydrogens is 248 g/mol. The molecule has 2 heterocycles. The maximum absolute atomic E-state index is 11.9. The van der Waals surface area contributed by atoms with Crippen LogP contribution < -0.4 is 19.7 Å². The van der Waals surface area contributed by atoms with Gasteiger partial charge < -0.3 is 24.8 Å². The first-order valence-electron chi connectivity index (χ1n) is 6.26. The summed E-state index contributed by atoms with van der Waals surface area (Å²) in [5.41, 5.74) is 0.852. The van der Waals surface area contributed by atoms with Gasteiger partial charge in [-0.2, -0.15) is 0 Å². The number of anilines is 1. The Balaban J connectivity index is 1.92. The lowest BCUT2D eigenvalue weighted by Crippen LogP contribution is -2.60. The van der Waals surface area contributed by atoms with Gasteiger partial charge >= 0.3 is 0 Å². The van der Waals surface area contributed by atoms with Crippen LogP contribution in [0.3, 0.4) is 0 Å². The number of nitrogens with one attached hydrogen (secondary N) is 1. The fourth-order valence-electron chi connectivity index (χ4n) is 2.48. The van der Waals surface area contributed by atoms with Crippen LogP contribution in [0.1, 0.15) is 6.92 Å². The van der Waals surface area contributed by atoms with E-state index in [0.717, 1.165) is 5.69 Å². The summed E-state index contributed by atoms with van der Waals surface area (Å²) in [5.74, 6) is 1.23. The van der Waals surface area contributed by atoms with E-state index >= 15 is 0 Å². The van der Waals surface area contributed by atoms with Crippen LogP contribution in [0.5, 0.6) is 11.5 Å². The second kappa shape index (κ2) is 4.62. The number of hydrogen-bond donors (Lipinski definition) is 2. The van der Waals surface area contributed by atoms with Gasteiger partial charge in [0, 0.05) is 24.3 Å². The largest absolute Gasteiger partial charge is 0.454 e. The second-order valence-corrected chi connectivity index (χ2v) is 4.80. The third kappa shape index (κ3) is 2.08. The molecule has 1 aromatic carbocycles. The summed E-state index contributed by atoms with van der Waals surface area (Å²) in [6, 6.07) is 5.03. The van der Waals surface area contributed by atoms with Crippen LogP contribution in [0.4, 0.5) is 5.69 Å². The normalized spacial score (nSPS) is 25.4. The average Bonchev–Trinajstić information content (AvgIpc) is 2.85. The van der Waals surface area contributed by atoms with Crippen LogP contribution in [0.15, 0.2) is 18.2 Å². The minimum Gasteiger partial charge on any atom is -0.454 e. The molecule has 0 saturated carbocycles. The molecule has 1 amide bonds. The smallest absolute Gasteiger partial charge is 0.245 e. The van der Waals surface area contributed by atoms with E-state index in [0.29, 0.717) is 18.0 Å². The molecule has 102 valence electrons. The number of nitrogens with zero attached hydrogens (tertiary/aromatic N) is 1. The quantitative estimate of drug-likeness (QED) is 0.793. The molecule has 2 aliphatic heterocycles. The van der Waals surface area contributed by atoms with Crippen LogP contribution in [-0.2, 0) is 4.79 Å². The number of ether oxygens (including phenoxy) is 2. The number of carbonyl (C=O) groups excluding carboxylic acids is 1. The van der Waals surface area contributed by atoms with E-state index in [4.69, 9.17) is 9.47 Å². The molecule has 1 saturated heterocycles. The van der Waals surface area contributed by atoms with E-state index in [2.05, 4.69) is 5.32 Å². The molecule has 0 radical (unpaired) electrons. The Morgan fingerprint density at radius 3 is 3.00 bits per heavy atom. The molecule has 6 nitrogen and oxygen atoms in total. The summed E-state index contributed by atoms with van der Waals surface area (Å²) in [4.78, 5) is 13.8. The maximum Gasteiger partial charge on any atom is 0.245 e. The summed E-state index contributed by atoms with van der Waals surface area (Å²) in [5, 5.41) is 12.3. The molecule has 0 aliphatic carbocycles. The fraction of sp³-hybridized carbons (Fsp3) is 0.462. The lowest BCUT2D eigenvalue weighted by atomic mass is 10.1. The molecule has 2 atom stereocenters. The van der Waals surface area contributed by atoms with Crippen molar-refractivity contribution in [1.29, 1.82) is 0 Å². The number of aliphatic hydroxyl groups is 1. The second-order valence-electron chi connectivity index (χ2n) is 4.80. The predicted octanol–water partition coefficient (Wildman–Crippen LogP) is 0.101. The van der Waals surface area contributed by atoms with Crippen molar-refractivity contribution in [3.8, 4) is 11.5 Å². The maximum atomic E-state index is 11.9. The van der Waals surface area contributed by atoms with Crippen molar-refractivity contribution in [3.63, 3.8) is 0 Å². The van der Waals surface area contributed by atoms with E-state index in [9.17, 15) is 9.90 Å². The summed E-state index contributed by atoms with van der Waals surface area (Å²) in [6.45, 7) is 2.59. The van der Waals surface area contributed by atoms with Crippen molar-refractivity contribution in [1.82, 2.24) is 5.32 Å². The monoisotopic (exact) mass is 264 g/mol. The van der Waals surface area contributed by atoms with E-state index in [1.807, 2.05) is 30.0 Å². The van der Waals surface area contributed by atoms with Crippen LogP contribution in [-0.4, -0.2) is 43.0 Å². The minimum atomic E-state index is -0.559. The fourth-order valence-corrected chi connectivity index (χ4v) is 2.48. The van der Waals surface area contributed by atoms with Crippen molar-refractivity contribution in [2.24, 2.45) is 0 Å². The van der Waals surface area contributed by atoms with Gasteiger partial charge in [-0.3, -0.25) is 4.79 Å². The molecule has 3 rings (SSSR count). The van der Waals surface area contributed by atoms with Crippen molar-refractivity contribution in [3.05, 3.63) is 18.2 Å². The van der Waals surface area contributed by atoms with Crippen molar-refractivity contribution in [2.45, 2.75) is 19.0 Å². The Morgan fingerprint density at radius 1 is 1.42 bits per heavy atom. The third-order valence-electron chi connectivity index (χ3n) is 3.40. The molecular formula is C13H16N2O4. The van der Waals surface area contributed by atoms with Gasteiger partial charge in [0.05, 0.1) is 6.61 Å². The average molecular weight is 264 g/mol. The third-order valence-corrected chi connectivity index (χ3v) is 3.40. The number of fused-ring (bicyclic) bond motifs is 1. The molecule has 2 N–H and O–H groups in total. The Morgan fingerprint density at radius 2 is 2.21 bits per heavy atom. The highest BCUT2D eigenvalue weighted by Gasteiger charge is 2.33. The minimum absolute atomic E-state index is 0.0423. The Bertz CT molecular complexity index is 505. The Labute approximate surface area is 110 Å². The first-order chi connectivity index (χ1) is 9.19. The zero-order chi connectivity index (χ0) is 13.4. The van der Waals surface area contributed by atoms with Gasteiger partial charge in [-0.1, -0.05) is 0 Å². The number of rotatable bonds is 2. The first kappa shape index (κ1) is 12.1. The predicted molar refractivity (Wildman–Crippen MR) is 68.4 cm³/mol. The highest BCUT2D eigenvalue weighted by molar-refractivity contribution is 5.87. The van der Waals surface area contributed by atoms with Crippen LogP contribution >= 0.6 is 0 Å². The number of benzene rings is 1. The molecule has 0 aromatic heterocycles. The zero-order valence-electron chi connectivity index (χ0n) is 10.6. The number of amides is 1. The van der Waals surface area contributed by atoms with Gasteiger partial charge in [-0.25, -0.2) is 0 Å². The van der Waals surface area contributed by atoms with Crippen LogP contribution in [0.2, 0.25) is 0 Å². The first-order valence-corrected chi connectivity index (χ1v) is 6.26. The topological polar surface area (TPSA) is 71.0 Å². The van der Waals surface area contributed by atoms with Gasteiger partial charge in [-0.05, 0) is 19.1 Å². The molecule has 19 heavy (non-hydrogen) atoms. The molecule has 0 bridgehead atoms. The lowest BCUT2D eigenvalue weighted by molar-refractivity contribution is -0.125. The summed E-state index contributed by atoms with van der Waals surface area (Å²) < 4.78 is 10.6. The zero-order valence-corrected chi connectivity index (χ0v) is 10.6. The Hall–Kier alpha value is -1.95. The van der Waals surface area contributed by atoms with Crippen molar-refractivity contribution in [2.75, 3.05) is 24.8 Å². The van der Waals surface area contributed by atoms with E-state index in [-0.39, 0.29) is 25.3 Å². The molecule has 1 aromatic rings.